The van der Waals surface area contributed by atoms with Crippen LogP contribution in [0.3, 0.4) is 0 Å². The first-order valence-electron chi connectivity index (χ1n) is 6.29. The van der Waals surface area contributed by atoms with Crippen LogP contribution in [0.1, 0.15) is 46.0 Å². The second-order valence-corrected chi connectivity index (χ2v) is 4.42. The van der Waals surface area contributed by atoms with Gasteiger partial charge in [0.2, 0.25) is 0 Å². The Balaban J connectivity index is 2.21. The van der Waals surface area contributed by atoms with E-state index in [-0.39, 0.29) is 18.1 Å². The highest BCUT2D eigenvalue weighted by Gasteiger charge is 2.20. The van der Waals surface area contributed by atoms with Crippen molar-refractivity contribution in [2.45, 2.75) is 52.2 Å². The molecule has 0 saturated carbocycles. The second-order valence-electron chi connectivity index (χ2n) is 4.42. The summed E-state index contributed by atoms with van der Waals surface area (Å²) in [6.07, 6.45) is 9.16. The van der Waals surface area contributed by atoms with Gasteiger partial charge in [-0.15, -0.1) is 0 Å². The summed E-state index contributed by atoms with van der Waals surface area (Å²) in [5.41, 5.74) is 0. The Bertz CT molecular complexity index is 232. The molecular formula is C13H23NO2. The van der Waals surface area contributed by atoms with Crippen LogP contribution in [0.4, 0.5) is 0 Å². The van der Waals surface area contributed by atoms with Crippen LogP contribution in [0, 0.1) is 5.92 Å². The summed E-state index contributed by atoms with van der Waals surface area (Å²) in [6, 6.07) is 0. The van der Waals surface area contributed by atoms with E-state index in [4.69, 9.17) is 4.74 Å². The molecule has 1 N–H and O–H groups in total. The molecule has 1 heterocycles. The van der Waals surface area contributed by atoms with Gasteiger partial charge in [-0.2, -0.15) is 0 Å². The molecular weight excluding hydrogens is 202 g/mol. The SMILES string of the molecule is CC=CCCC(C)C(=O)OC1CCCCN1. The standard InChI is InChI=1S/C13H23NO2/c1-3-4-5-8-11(2)13(15)16-12-9-6-7-10-14-12/h3-4,11-12,14H,5-10H2,1-2H3. The highest BCUT2D eigenvalue weighted by molar-refractivity contribution is 5.72. The van der Waals surface area contributed by atoms with Gasteiger partial charge in [0.25, 0.3) is 0 Å². The molecule has 0 aromatic heterocycles. The molecule has 0 bridgehead atoms. The van der Waals surface area contributed by atoms with Gasteiger partial charge in [-0.3, -0.25) is 10.1 Å². The number of hydrogen-bond acceptors (Lipinski definition) is 3. The Morgan fingerprint density at radius 1 is 1.56 bits per heavy atom. The summed E-state index contributed by atoms with van der Waals surface area (Å²) in [7, 11) is 0. The lowest BCUT2D eigenvalue weighted by atomic mass is 10.1. The van der Waals surface area contributed by atoms with Gasteiger partial charge < -0.3 is 4.74 Å². The average molecular weight is 225 g/mol. The maximum atomic E-state index is 11.7. The fourth-order valence-electron chi connectivity index (χ4n) is 1.81. The molecule has 1 saturated heterocycles. The first-order valence-corrected chi connectivity index (χ1v) is 6.29. The fraction of sp³-hybridized carbons (Fsp3) is 0.769. The number of esters is 1. The van der Waals surface area contributed by atoms with Crippen LogP contribution in [-0.2, 0) is 9.53 Å². The third-order valence-electron chi connectivity index (χ3n) is 2.93. The molecule has 0 aromatic rings. The topological polar surface area (TPSA) is 38.3 Å². The van der Waals surface area contributed by atoms with Gasteiger partial charge in [-0.25, -0.2) is 0 Å². The highest BCUT2D eigenvalue weighted by atomic mass is 16.6. The van der Waals surface area contributed by atoms with Crippen LogP contribution in [0.25, 0.3) is 0 Å². The van der Waals surface area contributed by atoms with Crippen LogP contribution in [0.5, 0.6) is 0 Å². The highest BCUT2D eigenvalue weighted by Crippen LogP contribution is 2.13. The Hall–Kier alpha value is -0.830. The third kappa shape index (κ3) is 4.79. The van der Waals surface area contributed by atoms with Gasteiger partial charge in [-0.1, -0.05) is 19.1 Å². The number of allylic oxidation sites excluding steroid dienone is 2. The molecule has 0 aliphatic carbocycles. The first kappa shape index (κ1) is 13.2. The number of nitrogens with one attached hydrogen (secondary N) is 1. The molecule has 0 amide bonds. The van der Waals surface area contributed by atoms with E-state index in [1.165, 1.54) is 6.42 Å². The molecule has 1 aliphatic rings. The molecule has 1 fully saturated rings. The quantitative estimate of drug-likeness (QED) is 0.577. The average Bonchev–Trinajstić information content (AvgIpc) is 2.30. The van der Waals surface area contributed by atoms with Crippen molar-refractivity contribution in [3.63, 3.8) is 0 Å². The van der Waals surface area contributed by atoms with Crippen molar-refractivity contribution in [1.82, 2.24) is 5.32 Å². The molecule has 3 nitrogen and oxygen atoms in total. The normalized spacial score (nSPS) is 23.2. The summed E-state index contributed by atoms with van der Waals surface area (Å²) in [5.74, 6) is -0.0659. The molecule has 1 rings (SSSR count). The molecule has 16 heavy (non-hydrogen) atoms. The summed E-state index contributed by atoms with van der Waals surface area (Å²) in [4.78, 5) is 11.7. The van der Waals surface area contributed by atoms with Crippen molar-refractivity contribution in [2.24, 2.45) is 5.92 Å². The maximum absolute atomic E-state index is 11.7. The Labute approximate surface area is 98.2 Å². The van der Waals surface area contributed by atoms with Gasteiger partial charge in [0.1, 0.15) is 0 Å². The minimum Gasteiger partial charge on any atom is -0.446 e. The zero-order valence-corrected chi connectivity index (χ0v) is 10.4. The second kappa shape index (κ2) is 7.44. The summed E-state index contributed by atoms with van der Waals surface area (Å²) in [6.45, 7) is 4.90. The van der Waals surface area contributed by atoms with E-state index in [9.17, 15) is 4.79 Å². The summed E-state index contributed by atoms with van der Waals surface area (Å²) >= 11 is 0. The minimum atomic E-state index is -0.0658. The van der Waals surface area contributed by atoms with E-state index in [1.54, 1.807) is 0 Å². The van der Waals surface area contributed by atoms with Crippen LogP contribution >= 0.6 is 0 Å². The number of carbonyl (C=O) groups excluding carboxylic acids is 1. The van der Waals surface area contributed by atoms with Crippen LogP contribution in [-0.4, -0.2) is 18.7 Å². The van der Waals surface area contributed by atoms with E-state index in [1.807, 2.05) is 19.9 Å². The summed E-state index contributed by atoms with van der Waals surface area (Å²) in [5, 5.41) is 3.22. The predicted molar refractivity (Wildman–Crippen MR) is 64.9 cm³/mol. The lowest BCUT2D eigenvalue weighted by Crippen LogP contribution is -2.38. The smallest absolute Gasteiger partial charge is 0.310 e. The van der Waals surface area contributed by atoms with Crippen LogP contribution < -0.4 is 5.32 Å². The van der Waals surface area contributed by atoms with E-state index in [2.05, 4.69) is 11.4 Å². The van der Waals surface area contributed by atoms with E-state index < -0.39 is 0 Å². The number of hydrogen-bond donors (Lipinski definition) is 1. The van der Waals surface area contributed by atoms with E-state index in [0.717, 1.165) is 32.2 Å². The zero-order valence-electron chi connectivity index (χ0n) is 10.4. The molecule has 3 heteroatoms. The predicted octanol–water partition coefficient (Wildman–Crippen LogP) is 2.62. The fourth-order valence-corrected chi connectivity index (χ4v) is 1.81. The molecule has 92 valence electrons. The molecule has 0 spiro atoms. The lowest BCUT2D eigenvalue weighted by Gasteiger charge is -2.24. The van der Waals surface area contributed by atoms with Gasteiger partial charge in [-0.05, 0) is 45.6 Å². The van der Waals surface area contributed by atoms with Crippen molar-refractivity contribution < 1.29 is 9.53 Å². The van der Waals surface area contributed by atoms with Crippen molar-refractivity contribution in [2.75, 3.05) is 6.54 Å². The minimum absolute atomic E-state index is 0.0000680. The Morgan fingerprint density at radius 3 is 3.00 bits per heavy atom. The molecule has 1 aliphatic heterocycles. The van der Waals surface area contributed by atoms with Crippen molar-refractivity contribution in [3.05, 3.63) is 12.2 Å². The van der Waals surface area contributed by atoms with Crippen molar-refractivity contribution in [3.8, 4) is 0 Å². The number of carbonyl (C=O) groups is 1. The molecule has 0 radical (unpaired) electrons. The largest absolute Gasteiger partial charge is 0.446 e. The van der Waals surface area contributed by atoms with E-state index in [0.29, 0.717) is 0 Å². The van der Waals surface area contributed by atoms with Gasteiger partial charge >= 0.3 is 5.97 Å². The summed E-state index contributed by atoms with van der Waals surface area (Å²) < 4.78 is 5.41. The third-order valence-corrected chi connectivity index (χ3v) is 2.93. The Morgan fingerprint density at radius 2 is 2.38 bits per heavy atom. The zero-order chi connectivity index (χ0) is 11.8. The number of piperidine rings is 1. The lowest BCUT2D eigenvalue weighted by molar-refractivity contribution is -0.156. The first-order chi connectivity index (χ1) is 7.74. The molecule has 2 unspecified atom stereocenters. The number of ether oxygens (including phenoxy) is 1. The van der Waals surface area contributed by atoms with Gasteiger partial charge in [0.15, 0.2) is 6.23 Å². The van der Waals surface area contributed by atoms with Crippen LogP contribution in [0.15, 0.2) is 12.2 Å². The van der Waals surface area contributed by atoms with Crippen molar-refractivity contribution >= 4 is 5.97 Å². The van der Waals surface area contributed by atoms with Crippen LogP contribution in [0.2, 0.25) is 0 Å². The Kier molecular flexibility index (Phi) is 6.16. The van der Waals surface area contributed by atoms with Gasteiger partial charge in [0, 0.05) is 0 Å². The van der Waals surface area contributed by atoms with E-state index >= 15 is 0 Å². The van der Waals surface area contributed by atoms with Crippen molar-refractivity contribution in [1.29, 1.82) is 0 Å². The van der Waals surface area contributed by atoms with Gasteiger partial charge in [0.05, 0.1) is 5.92 Å². The molecule has 0 aromatic carbocycles. The monoisotopic (exact) mass is 225 g/mol. The number of rotatable bonds is 5. The maximum Gasteiger partial charge on any atom is 0.310 e. The molecule has 2 atom stereocenters.